The van der Waals surface area contributed by atoms with Crippen LogP contribution in [0.15, 0.2) is 120 Å². The van der Waals surface area contributed by atoms with Gasteiger partial charge < -0.3 is 0 Å². The predicted molar refractivity (Wildman–Crippen MR) is 110 cm³/mol. The summed E-state index contributed by atoms with van der Waals surface area (Å²) in [4.78, 5) is 4.62. The minimum atomic E-state index is 0.702. The van der Waals surface area contributed by atoms with Crippen LogP contribution in [0.4, 0.5) is 17.2 Å². The summed E-state index contributed by atoms with van der Waals surface area (Å²) in [6.07, 6.45) is 5.75. The van der Waals surface area contributed by atoms with Crippen LogP contribution >= 0.6 is 0 Å². The Hall–Kier alpha value is -3.86. The van der Waals surface area contributed by atoms with Crippen molar-refractivity contribution < 1.29 is 4.68 Å². The van der Waals surface area contributed by atoms with Crippen molar-refractivity contribution in [3.63, 3.8) is 0 Å². The predicted octanol–water partition coefficient (Wildman–Crippen LogP) is 5.25. The van der Waals surface area contributed by atoms with Crippen LogP contribution in [0.1, 0.15) is 5.56 Å². The number of benzene rings is 2. The van der Waals surface area contributed by atoms with Crippen molar-refractivity contribution in [2.24, 2.45) is 10.2 Å². The topological polar surface area (TPSA) is 44.7 Å². The molecule has 0 unspecified atom stereocenters. The standard InChI is InChI=1S/C23H20N5/c1-4-10-20(11-5-1)19-28(27-16-8-3-9-17-27)23-15-14-22(18-24-23)26-25-21-12-6-2-7-13-21/h1-18H,19H2/q+1. The highest BCUT2D eigenvalue weighted by Crippen LogP contribution is 2.20. The monoisotopic (exact) mass is 366 g/mol. The van der Waals surface area contributed by atoms with Crippen molar-refractivity contribution in [1.82, 2.24) is 4.98 Å². The Kier molecular flexibility index (Phi) is 5.44. The van der Waals surface area contributed by atoms with Crippen LogP contribution in [0.3, 0.4) is 0 Å². The first-order chi connectivity index (χ1) is 13.9. The molecule has 0 aliphatic heterocycles. The summed E-state index contributed by atoms with van der Waals surface area (Å²) in [6, 6.07) is 29.9. The lowest BCUT2D eigenvalue weighted by Gasteiger charge is -2.16. The Morgan fingerprint density at radius 3 is 2.00 bits per heavy atom. The molecule has 2 aromatic heterocycles. The molecule has 0 atom stereocenters. The van der Waals surface area contributed by atoms with Gasteiger partial charge in [0.15, 0.2) is 18.2 Å². The highest BCUT2D eigenvalue weighted by Gasteiger charge is 2.17. The maximum atomic E-state index is 4.62. The van der Waals surface area contributed by atoms with Crippen LogP contribution in [0.25, 0.3) is 0 Å². The van der Waals surface area contributed by atoms with Crippen molar-refractivity contribution >= 4 is 17.2 Å². The number of nitrogens with zero attached hydrogens (tertiary/aromatic N) is 5. The van der Waals surface area contributed by atoms with Crippen molar-refractivity contribution in [1.29, 1.82) is 0 Å². The van der Waals surface area contributed by atoms with Gasteiger partial charge in [-0.25, -0.2) is 4.98 Å². The molecule has 0 aliphatic carbocycles. The maximum Gasteiger partial charge on any atom is 0.200 e. The highest BCUT2D eigenvalue weighted by atomic mass is 15.6. The van der Waals surface area contributed by atoms with E-state index >= 15 is 0 Å². The Bertz CT molecular complexity index is 1020. The fraction of sp³-hybridized carbons (Fsp3) is 0.0435. The van der Waals surface area contributed by atoms with Gasteiger partial charge in [-0.3, -0.25) is 0 Å². The van der Waals surface area contributed by atoms with E-state index < -0.39 is 0 Å². The molecule has 2 heterocycles. The van der Waals surface area contributed by atoms with Gasteiger partial charge in [-0.05, 0) is 29.8 Å². The Balaban J connectivity index is 1.59. The molecule has 5 heteroatoms. The minimum absolute atomic E-state index is 0.702. The van der Waals surface area contributed by atoms with Gasteiger partial charge >= 0.3 is 0 Å². The first-order valence-electron chi connectivity index (χ1n) is 9.09. The molecule has 4 rings (SSSR count). The van der Waals surface area contributed by atoms with Crippen molar-refractivity contribution in [2.75, 3.05) is 5.01 Å². The highest BCUT2D eigenvalue weighted by molar-refractivity contribution is 5.44. The molecule has 0 amide bonds. The third kappa shape index (κ3) is 4.45. The molecular formula is C23H20N5+. The van der Waals surface area contributed by atoms with E-state index in [1.54, 1.807) is 6.20 Å². The van der Waals surface area contributed by atoms with Crippen LogP contribution in [0.2, 0.25) is 0 Å². The van der Waals surface area contributed by atoms with E-state index in [1.807, 2.05) is 95.9 Å². The molecule has 0 spiro atoms. The van der Waals surface area contributed by atoms with E-state index in [9.17, 15) is 0 Å². The largest absolute Gasteiger partial charge is 0.232 e. The summed E-state index contributed by atoms with van der Waals surface area (Å²) in [7, 11) is 0. The lowest BCUT2D eigenvalue weighted by atomic mass is 10.2. The van der Waals surface area contributed by atoms with E-state index in [-0.39, 0.29) is 0 Å². The van der Waals surface area contributed by atoms with Crippen molar-refractivity contribution in [3.05, 3.63) is 115 Å². The van der Waals surface area contributed by atoms with Gasteiger partial charge in [0.25, 0.3) is 0 Å². The number of hydrogen-bond donors (Lipinski definition) is 0. The van der Waals surface area contributed by atoms with Crippen LogP contribution in [0, 0.1) is 0 Å². The molecule has 0 saturated carbocycles. The summed E-state index contributed by atoms with van der Waals surface area (Å²) in [5, 5.41) is 10.6. The second kappa shape index (κ2) is 8.68. The second-order valence-corrected chi connectivity index (χ2v) is 6.21. The third-order valence-corrected chi connectivity index (χ3v) is 4.19. The molecule has 0 aliphatic rings. The molecule has 0 N–H and O–H groups in total. The van der Waals surface area contributed by atoms with Crippen molar-refractivity contribution in [3.8, 4) is 0 Å². The zero-order valence-electron chi connectivity index (χ0n) is 15.3. The molecule has 136 valence electrons. The van der Waals surface area contributed by atoms with E-state index in [0.29, 0.717) is 12.2 Å². The van der Waals surface area contributed by atoms with Crippen LogP contribution in [-0.4, -0.2) is 4.98 Å². The number of rotatable bonds is 6. The molecule has 5 nitrogen and oxygen atoms in total. The second-order valence-electron chi connectivity index (χ2n) is 6.21. The number of hydrogen-bond acceptors (Lipinski definition) is 4. The first-order valence-corrected chi connectivity index (χ1v) is 9.09. The summed E-state index contributed by atoms with van der Waals surface area (Å²) in [5.41, 5.74) is 2.73. The van der Waals surface area contributed by atoms with Gasteiger partial charge in [0, 0.05) is 12.1 Å². The average Bonchev–Trinajstić information content (AvgIpc) is 2.78. The molecule has 0 saturated heterocycles. The zero-order chi connectivity index (χ0) is 19.0. The molecule has 4 aromatic rings. The molecule has 0 radical (unpaired) electrons. The Morgan fingerprint density at radius 2 is 1.32 bits per heavy atom. The normalized spacial score (nSPS) is 10.9. The SMILES string of the molecule is c1ccc(CN(c2ccc(N=Nc3ccccc3)cn2)[n+]2ccccc2)cc1. The number of anilines is 1. The fourth-order valence-corrected chi connectivity index (χ4v) is 2.79. The summed E-state index contributed by atoms with van der Waals surface area (Å²) < 4.78 is 2.03. The lowest BCUT2D eigenvalue weighted by Crippen LogP contribution is -2.53. The zero-order valence-corrected chi connectivity index (χ0v) is 15.3. The van der Waals surface area contributed by atoms with Crippen molar-refractivity contribution in [2.45, 2.75) is 6.54 Å². The number of azo groups is 1. The quantitative estimate of drug-likeness (QED) is 0.345. The van der Waals surface area contributed by atoms with Crippen LogP contribution in [-0.2, 0) is 6.54 Å². The van der Waals surface area contributed by atoms with E-state index in [4.69, 9.17) is 0 Å². The Morgan fingerprint density at radius 1 is 0.679 bits per heavy atom. The third-order valence-electron chi connectivity index (χ3n) is 4.19. The smallest absolute Gasteiger partial charge is 0.200 e. The maximum absolute atomic E-state index is 4.62. The Labute approximate surface area is 164 Å². The number of pyridine rings is 2. The summed E-state index contributed by atoms with van der Waals surface area (Å²) >= 11 is 0. The van der Waals surface area contributed by atoms with Gasteiger partial charge in [0.2, 0.25) is 0 Å². The summed E-state index contributed by atoms with van der Waals surface area (Å²) in [5.74, 6) is 0.832. The van der Waals surface area contributed by atoms with E-state index in [1.165, 1.54) is 5.56 Å². The summed E-state index contributed by atoms with van der Waals surface area (Å²) in [6.45, 7) is 0.702. The van der Waals surface area contributed by atoms with Gasteiger partial charge in [0.1, 0.15) is 12.2 Å². The lowest BCUT2D eigenvalue weighted by molar-refractivity contribution is -0.686. The molecular weight excluding hydrogens is 346 g/mol. The van der Waals surface area contributed by atoms with E-state index in [2.05, 4.69) is 32.4 Å². The number of aromatic nitrogens is 2. The minimum Gasteiger partial charge on any atom is -0.232 e. The molecule has 0 bridgehead atoms. The molecule has 28 heavy (non-hydrogen) atoms. The first kappa shape index (κ1) is 17.5. The fourth-order valence-electron chi connectivity index (χ4n) is 2.79. The van der Waals surface area contributed by atoms with Crippen LogP contribution in [0.5, 0.6) is 0 Å². The van der Waals surface area contributed by atoms with Gasteiger partial charge in [-0.2, -0.15) is 5.11 Å². The van der Waals surface area contributed by atoms with Crippen LogP contribution < -0.4 is 9.69 Å². The van der Waals surface area contributed by atoms with E-state index in [0.717, 1.165) is 11.5 Å². The van der Waals surface area contributed by atoms with Gasteiger partial charge in [-0.1, -0.05) is 59.3 Å². The molecule has 0 fully saturated rings. The molecule has 2 aromatic carbocycles. The average molecular weight is 366 g/mol. The van der Waals surface area contributed by atoms with Gasteiger partial charge in [-0.15, -0.1) is 10.1 Å². The van der Waals surface area contributed by atoms with Gasteiger partial charge in [0.05, 0.1) is 11.9 Å².